The molecule has 100 valence electrons. The minimum absolute atomic E-state index is 0.0218. The molecule has 2 aromatic rings. The Morgan fingerprint density at radius 2 is 2.16 bits per heavy atom. The van der Waals surface area contributed by atoms with Crippen LogP contribution in [-0.4, -0.2) is 21.6 Å². The van der Waals surface area contributed by atoms with Gasteiger partial charge in [-0.2, -0.15) is 0 Å². The largest absolute Gasteiger partial charge is 0.387 e. The van der Waals surface area contributed by atoms with E-state index in [1.165, 1.54) is 12.1 Å². The number of nitro groups is 1. The quantitative estimate of drug-likeness (QED) is 0.622. The molecule has 1 heterocycles. The number of hydrogen-bond acceptors (Lipinski definition) is 6. The highest BCUT2D eigenvalue weighted by atomic mass is 32.1. The third kappa shape index (κ3) is 3.82. The molecule has 0 saturated heterocycles. The number of aliphatic hydroxyl groups excluding tert-OH is 1. The first kappa shape index (κ1) is 13.6. The Morgan fingerprint density at radius 3 is 2.74 bits per heavy atom. The number of rotatable bonds is 6. The van der Waals surface area contributed by atoms with E-state index in [1.807, 2.05) is 0 Å². The number of nitro benzene ring substituents is 1. The lowest BCUT2D eigenvalue weighted by Gasteiger charge is -2.11. The molecule has 1 aromatic carbocycles. The third-order valence-corrected chi connectivity index (χ3v) is 3.39. The van der Waals surface area contributed by atoms with Crippen LogP contribution in [0.2, 0.25) is 0 Å². The standard InChI is InChI=1S/C12H13N3O3S/c16-12(7-13-5-11-6-14-8-19-11)9-1-3-10(4-2-9)15(17)18/h1-4,6,8,12-13,16H,5,7H2. The van der Waals surface area contributed by atoms with Crippen molar-refractivity contribution in [1.82, 2.24) is 10.3 Å². The number of hydrogen-bond donors (Lipinski definition) is 2. The van der Waals surface area contributed by atoms with E-state index in [0.29, 0.717) is 18.7 Å². The van der Waals surface area contributed by atoms with E-state index in [1.54, 1.807) is 35.2 Å². The van der Waals surface area contributed by atoms with Crippen LogP contribution in [-0.2, 0) is 6.54 Å². The van der Waals surface area contributed by atoms with Crippen molar-refractivity contribution in [3.8, 4) is 0 Å². The van der Waals surface area contributed by atoms with Crippen molar-refractivity contribution >= 4 is 17.0 Å². The summed E-state index contributed by atoms with van der Waals surface area (Å²) in [7, 11) is 0. The molecule has 0 radical (unpaired) electrons. The van der Waals surface area contributed by atoms with E-state index in [9.17, 15) is 15.2 Å². The van der Waals surface area contributed by atoms with Crippen molar-refractivity contribution in [2.24, 2.45) is 0 Å². The average molecular weight is 279 g/mol. The van der Waals surface area contributed by atoms with Crippen LogP contribution < -0.4 is 5.32 Å². The third-order valence-electron chi connectivity index (χ3n) is 2.61. The van der Waals surface area contributed by atoms with E-state index >= 15 is 0 Å². The molecule has 6 nitrogen and oxygen atoms in total. The Hall–Kier alpha value is -1.83. The van der Waals surface area contributed by atoms with Crippen LogP contribution in [0.5, 0.6) is 0 Å². The number of aliphatic hydroxyl groups is 1. The summed E-state index contributed by atoms with van der Waals surface area (Å²) >= 11 is 1.55. The van der Waals surface area contributed by atoms with Crippen molar-refractivity contribution in [3.63, 3.8) is 0 Å². The summed E-state index contributed by atoms with van der Waals surface area (Å²) in [5.41, 5.74) is 2.43. The maximum Gasteiger partial charge on any atom is 0.269 e. The Morgan fingerprint density at radius 1 is 1.42 bits per heavy atom. The van der Waals surface area contributed by atoms with Gasteiger partial charge >= 0.3 is 0 Å². The van der Waals surface area contributed by atoms with Gasteiger partial charge < -0.3 is 10.4 Å². The lowest BCUT2D eigenvalue weighted by molar-refractivity contribution is -0.384. The molecule has 2 rings (SSSR count). The molecule has 1 atom stereocenters. The average Bonchev–Trinajstić information content (AvgIpc) is 2.92. The lowest BCUT2D eigenvalue weighted by atomic mass is 10.1. The highest BCUT2D eigenvalue weighted by Gasteiger charge is 2.10. The maximum atomic E-state index is 10.5. The van der Waals surface area contributed by atoms with Crippen molar-refractivity contribution < 1.29 is 10.0 Å². The van der Waals surface area contributed by atoms with Crippen LogP contribution >= 0.6 is 11.3 Å². The van der Waals surface area contributed by atoms with Gasteiger partial charge in [0.05, 0.1) is 16.5 Å². The van der Waals surface area contributed by atoms with Crippen LogP contribution in [0.3, 0.4) is 0 Å². The summed E-state index contributed by atoms with van der Waals surface area (Å²) in [5.74, 6) is 0. The highest BCUT2D eigenvalue weighted by molar-refractivity contribution is 7.09. The molecule has 0 saturated carbocycles. The second-order valence-corrected chi connectivity index (χ2v) is 4.93. The molecular weight excluding hydrogens is 266 g/mol. The monoisotopic (exact) mass is 279 g/mol. The van der Waals surface area contributed by atoms with Gasteiger partial charge in [-0.25, -0.2) is 0 Å². The van der Waals surface area contributed by atoms with Gasteiger partial charge in [-0.15, -0.1) is 11.3 Å². The van der Waals surface area contributed by atoms with Gasteiger partial charge in [-0.05, 0) is 17.7 Å². The number of non-ortho nitro benzene ring substituents is 1. The fourth-order valence-electron chi connectivity index (χ4n) is 1.60. The summed E-state index contributed by atoms with van der Waals surface area (Å²) in [6, 6.07) is 5.91. The van der Waals surface area contributed by atoms with Crippen LogP contribution in [0.15, 0.2) is 36.0 Å². The molecule has 19 heavy (non-hydrogen) atoms. The Kier molecular flexibility index (Phi) is 4.56. The summed E-state index contributed by atoms with van der Waals surface area (Å²) in [5, 5.41) is 23.6. The van der Waals surface area contributed by atoms with E-state index in [0.717, 1.165) is 4.88 Å². The molecule has 0 aliphatic rings. The normalized spacial score (nSPS) is 12.3. The van der Waals surface area contributed by atoms with Gasteiger partial charge in [0.2, 0.25) is 0 Å². The predicted octanol–water partition coefficient (Wildman–Crippen LogP) is 1.87. The molecule has 0 fully saturated rings. The van der Waals surface area contributed by atoms with Crippen molar-refractivity contribution in [3.05, 3.63) is 56.5 Å². The molecule has 0 amide bonds. The Bertz CT molecular complexity index is 528. The zero-order chi connectivity index (χ0) is 13.7. The number of aromatic nitrogens is 1. The molecule has 7 heteroatoms. The van der Waals surface area contributed by atoms with Gasteiger partial charge in [-0.3, -0.25) is 15.1 Å². The second kappa shape index (κ2) is 6.37. The van der Waals surface area contributed by atoms with Gasteiger partial charge in [0.25, 0.3) is 5.69 Å². The lowest BCUT2D eigenvalue weighted by Crippen LogP contribution is -2.20. The minimum Gasteiger partial charge on any atom is -0.387 e. The van der Waals surface area contributed by atoms with E-state index < -0.39 is 11.0 Å². The van der Waals surface area contributed by atoms with E-state index in [2.05, 4.69) is 10.3 Å². The SMILES string of the molecule is O=[N+]([O-])c1ccc(C(O)CNCc2cncs2)cc1. The summed E-state index contributed by atoms with van der Waals surface area (Å²) in [6.07, 6.45) is 1.09. The number of nitrogens with zero attached hydrogens (tertiary/aromatic N) is 2. The molecular formula is C12H13N3O3S. The van der Waals surface area contributed by atoms with Crippen molar-refractivity contribution in [1.29, 1.82) is 0 Å². The molecule has 0 bridgehead atoms. The highest BCUT2D eigenvalue weighted by Crippen LogP contribution is 2.17. The van der Waals surface area contributed by atoms with Crippen molar-refractivity contribution in [2.75, 3.05) is 6.54 Å². The Balaban J connectivity index is 1.85. The molecule has 0 aliphatic carbocycles. The fraction of sp³-hybridized carbons (Fsp3) is 0.250. The zero-order valence-electron chi connectivity index (χ0n) is 10.0. The van der Waals surface area contributed by atoms with Crippen LogP contribution in [0, 0.1) is 10.1 Å². The fourth-order valence-corrected chi connectivity index (χ4v) is 2.16. The Labute approximate surface area is 113 Å². The van der Waals surface area contributed by atoms with Crippen molar-refractivity contribution in [2.45, 2.75) is 12.6 Å². The minimum atomic E-state index is -0.686. The first-order chi connectivity index (χ1) is 9.16. The molecule has 1 aromatic heterocycles. The maximum absolute atomic E-state index is 10.5. The molecule has 0 aliphatic heterocycles. The van der Waals surface area contributed by atoms with Crippen LogP contribution in [0.1, 0.15) is 16.5 Å². The van der Waals surface area contributed by atoms with Gasteiger partial charge in [0.15, 0.2) is 0 Å². The van der Waals surface area contributed by atoms with Crippen LogP contribution in [0.4, 0.5) is 5.69 Å². The summed E-state index contributed by atoms with van der Waals surface area (Å²) in [6.45, 7) is 1.03. The smallest absolute Gasteiger partial charge is 0.269 e. The zero-order valence-corrected chi connectivity index (χ0v) is 10.8. The predicted molar refractivity (Wildman–Crippen MR) is 71.9 cm³/mol. The molecule has 0 spiro atoms. The number of thiazole rings is 1. The first-order valence-corrected chi connectivity index (χ1v) is 6.55. The summed E-state index contributed by atoms with van der Waals surface area (Å²) in [4.78, 5) is 15.1. The van der Waals surface area contributed by atoms with E-state index in [-0.39, 0.29) is 5.69 Å². The number of benzene rings is 1. The van der Waals surface area contributed by atoms with Gasteiger partial charge in [-0.1, -0.05) is 0 Å². The number of nitrogens with one attached hydrogen (secondary N) is 1. The van der Waals surface area contributed by atoms with Crippen LogP contribution in [0.25, 0.3) is 0 Å². The summed E-state index contributed by atoms with van der Waals surface area (Å²) < 4.78 is 0. The molecule has 1 unspecified atom stereocenters. The van der Waals surface area contributed by atoms with E-state index in [4.69, 9.17) is 0 Å². The molecule has 2 N–H and O–H groups in total. The van der Waals surface area contributed by atoms with Gasteiger partial charge in [0, 0.05) is 36.3 Å². The first-order valence-electron chi connectivity index (χ1n) is 5.67. The topological polar surface area (TPSA) is 88.3 Å². The van der Waals surface area contributed by atoms with Gasteiger partial charge in [0.1, 0.15) is 0 Å². The second-order valence-electron chi connectivity index (χ2n) is 3.96.